The molecular weight excluding hydrogens is 542 g/mol. The van der Waals surface area contributed by atoms with E-state index in [4.69, 9.17) is 0 Å². The SMILES string of the molecule is Cc1cc(C)c(-c2ccc(-c3c4ccccc4c(-c4ccc(-c5cccnc5)cc4)c4ccccc34)c3ccccc23)c(C)c1. The summed E-state index contributed by atoms with van der Waals surface area (Å²) in [6.45, 7) is 6.65. The molecule has 0 bridgehead atoms. The lowest BCUT2D eigenvalue weighted by molar-refractivity contribution is 1.32. The lowest BCUT2D eigenvalue weighted by atomic mass is 9.83. The van der Waals surface area contributed by atoms with Gasteiger partial charge in [0.15, 0.2) is 0 Å². The molecule has 0 aliphatic rings. The maximum absolute atomic E-state index is 4.32. The average molecular weight is 576 g/mol. The topological polar surface area (TPSA) is 12.9 Å². The van der Waals surface area contributed by atoms with Gasteiger partial charge in [-0.15, -0.1) is 0 Å². The van der Waals surface area contributed by atoms with Crippen molar-refractivity contribution in [3.05, 3.63) is 163 Å². The highest BCUT2D eigenvalue weighted by Crippen LogP contribution is 2.47. The molecule has 1 heteroatoms. The quantitative estimate of drug-likeness (QED) is 0.190. The van der Waals surface area contributed by atoms with E-state index < -0.39 is 0 Å². The molecule has 0 fully saturated rings. The van der Waals surface area contributed by atoms with Crippen LogP contribution in [0, 0.1) is 20.8 Å². The van der Waals surface area contributed by atoms with Crippen molar-refractivity contribution in [3.8, 4) is 44.5 Å². The van der Waals surface area contributed by atoms with Crippen LogP contribution in [0.2, 0.25) is 0 Å². The fourth-order valence-electron chi connectivity index (χ4n) is 7.43. The van der Waals surface area contributed by atoms with Gasteiger partial charge in [-0.2, -0.15) is 0 Å². The largest absolute Gasteiger partial charge is 0.264 e. The van der Waals surface area contributed by atoms with Crippen LogP contribution >= 0.6 is 0 Å². The van der Waals surface area contributed by atoms with Crippen molar-refractivity contribution >= 4 is 32.3 Å². The molecule has 214 valence electrons. The summed E-state index contributed by atoms with van der Waals surface area (Å²) >= 11 is 0. The van der Waals surface area contributed by atoms with E-state index in [1.165, 1.54) is 88.0 Å². The van der Waals surface area contributed by atoms with E-state index in [1.807, 2.05) is 18.5 Å². The summed E-state index contributed by atoms with van der Waals surface area (Å²) in [5, 5.41) is 7.62. The summed E-state index contributed by atoms with van der Waals surface area (Å²) in [7, 11) is 0. The molecule has 45 heavy (non-hydrogen) atoms. The minimum atomic E-state index is 1.13. The van der Waals surface area contributed by atoms with E-state index in [9.17, 15) is 0 Å². The second-order valence-electron chi connectivity index (χ2n) is 12.1. The Morgan fingerprint density at radius 3 is 1.36 bits per heavy atom. The zero-order valence-electron chi connectivity index (χ0n) is 25.8. The zero-order chi connectivity index (χ0) is 30.5. The Kier molecular flexibility index (Phi) is 6.54. The molecule has 0 saturated heterocycles. The molecule has 0 amide bonds. The van der Waals surface area contributed by atoms with Crippen molar-refractivity contribution in [3.63, 3.8) is 0 Å². The third-order valence-corrected chi connectivity index (χ3v) is 9.24. The predicted octanol–water partition coefficient (Wildman–Crippen LogP) is 12.1. The Balaban J connectivity index is 1.40. The van der Waals surface area contributed by atoms with Gasteiger partial charge in [0.05, 0.1) is 0 Å². The van der Waals surface area contributed by atoms with Gasteiger partial charge in [-0.05, 0) is 115 Å². The van der Waals surface area contributed by atoms with Crippen molar-refractivity contribution in [1.29, 1.82) is 0 Å². The highest BCUT2D eigenvalue weighted by Gasteiger charge is 2.19. The van der Waals surface area contributed by atoms with E-state index in [1.54, 1.807) is 0 Å². The van der Waals surface area contributed by atoms with Gasteiger partial charge in [0.25, 0.3) is 0 Å². The molecule has 0 radical (unpaired) electrons. The second-order valence-corrected chi connectivity index (χ2v) is 12.1. The number of aromatic nitrogens is 1. The first-order chi connectivity index (χ1) is 22.1. The standard InChI is InChI=1S/C44H33N/c1-28-25-29(2)42(30(3)26-28)40-22-23-41(35-13-5-4-12-34(35)40)44-38-16-8-6-14-36(38)43(37-15-7-9-17-39(37)44)32-20-18-31(19-21-32)33-11-10-24-45-27-33/h4-27H,1-3H3. The number of hydrogen-bond acceptors (Lipinski definition) is 1. The third-order valence-electron chi connectivity index (χ3n) is 9.24. The monoisotopic (exact) mass is 575 g/mol. The number of fused-ring (bicyclic) bond motifs is 3. The number of nitrogens with zero attached hydrogens (tertiary/aromatic N) is 1. The van der Waals surface area contributed by atoms with E-state index in [2.05, 4.69) is 153 Å². The normalized spacial score (nSPS) is 11.4. The van der Waals surface area contributed by atoms with Crippen molar-refractivity contribution in [1.82, 2.24) is 4.98 Å². The number of hydrogen-bond donors (Lipinski definition) is 0. The van der Waals surface area contributed by atoms with Gasteiger partial charge in [0.2, 0.25) is 0 Å². The molecule has 0 aliphatic heterocycles. The van der Waals surface area contributed by atoms with Crippen LogP contribution in [-0.4, -0.2) is 4.98 Å². The summed E-state index contributed by atoms with van der Waals surface area (Å²) in [5.74, 6) is 0. The molecule has 7 aromatic carbocycles. The molecule has 0 aliphatic carbocycles. The van der Waals surface area contributed by atoms with Crippen molar-refractivity contribution in [2.45, 2.75) is 20.8 Å². The molecule has 0 unspecified atom stereocenters. The maximum atomic E-state index is 4.32. The summed E-state index contributed by atoms with van der Waals surface area (Å²) < 4.78 is 0. The number of pyridine rings is 1. The summed E-state index contributed by atoms with van der Waals surface area (Å²) in [4.78, 5) is 4.32. The van der Waals surface area contributed by atoms with Crippen LogP contribution < -0.4 is 0 Å². The van der Waals surface area contributed by atoms with Crippen LogP contribution in [0.3, 0.4) is 0 Å². The first-order valence-electron chi connectivity index (χ1n) is 15.6. The minimum Gasteiger partial charge on any atom is -0.264 e. The van der Waals surface area contributed by atoms with Gasteiger partial charge in [-0.1, -0.05) is 133 Å². The Bertz CT molecular complexity index is 2300. The van der Waals surface area contributed by atoms with Crippen LogP contribution in [0.5, 0.6) is 0 Å². The fourth-order valence-corrected chi connectivity index (χ4v) is 7.43. The molecule has 0 saturated carbocycles. The van der Waals surface area contributed by atoms with E-state index >= 15 is 0 Å². The highest BCUT2D eigenvalue weighted by atomic mass is 14.6. The summed E-state index contributed by atoms with van der Waals surface area (Å²) in [6, 6.07) is 49.1. The molecular formula is C44H33N. The molecule has 1 heterocycles. The first kappa shape index (κ1) is 27.0. The first-order valence-corrected chi connectivity index (χ1v) is 15.6. The van der Waals surface area contributed by atoms with E-state index in [-0.39, 0.29) is 0 Å². The number of benzene rings is 7. The van der Waals surface area contributed by atoms with Gasteiger partial charge < -0.3 is 0 Å². The zero-order valence-corrected chi connectivity index (χ0v) is 25.8. The van der Waals surface area contributed by atoms with Gasteiger partial charge in [0.1, 0.15) is 0 Å². The van der Waals surface area contributed by atoms with Gasteiger partial charge in [0, 0.05) is 12.4 Å². The van der Waals surface area contributed by atoms with Crippen molar-refractivity contribution in [2.75, 3.05) is 0 Å². The Morgan fingerprint density at radius 2 is 0.844 bits per heavy atom. The molecule has 8 aromatic rings. The van der Waals surface area contributed by atoms with Crippen LogP contribution in [0.1, 0.15) is 16.7 Å². The third kappa shape index (κ3) is 4.51. The molecule has 0 N–H and O–H groups in total. The fraction of sp³-hybridized carbons (Fsp3) is 0.0682. The molecule has 1 aromatic heterocycles. The minimum absolute atomic E-state index is 1.13. The smallest absolute Gasteiger partial charge is 0.0346 e. The molecule has 0 spiro atoms. The Hall–Kier alpha value is -5.53. The number of rotatable bonds is 4. The van der Waals surface area contributed by atoms with Gasteiger partial charge in [-0.3, -0.25) is 4.98 Å². The van der Waals surface area contributed by atoms with E-state index in [0.29, 0.717) is 0 Å². The maximum Gasteiger partial charge on any atom is 0.0346 e. The van der Waals surface area contributed by atoms with Crippen LogP contribution in [-0.2, 0) is 0 Å². The molecule has 0 atom stereocenters. The van der Waals surface area contributed by atoms with Crippen molar-refractivity contribution < 1.29 is 0 Å². The van der Waals surface area contributed by atoms with Gasteiger partial charge >= 0.3 is 0 Å². The molecule has 1 nitrogen and oxygen atoms in total. The van der Waals surface area contributed by atoms with Gasteiger partial charge in [-0.25, -0.2) is 0 Å². The summed E-state index contributed by atoms with van der Waals surface area (Å²) in [6.07, 6.45) is 3.74. The lowest BCUT2D eigenvalue weighted by Crippen LogP contribution is -1.94. The van der Waals surface area contributed by atoms with E-state index in [0.717, 1.165) is 5.56 Å². The predicted molar refractivity (Wildman–Crippen MR) is 193 cm³/mol. The lowest BCUT2D eigenvalue weighted by Gasteiger charge is -2.20. The highest BCUT2D eigenvalue weighted by molar-refractivity contribution is 6.24. The van der Waals surface area contributed by atoms with Crippen molar-refractivity contribution in [2.24, 2.45) is 0 Å². The Morgan fingerprint density at radius 1 is 0.378 bits per heavy atom. The van der Waals surface area contributed by atoms with Crippen LogP contribution in [0.4, 0.5) is 0 Å². The molecule has 8 rings (SSSR count). The van der Waals surface area contributed by atoms with Crippen LogP contribution in [0.25, 0.3) is 76.8 Å². The number of aryl methyl sites for hydroxylation is 3. The second kappa shape index (κ2) is 10.9. The average Bonchev–Trinajstić information content (AvgIpc) is 3.07. The Labute approximate surface area is 264 Å². The van der Waals surface area contributed by atoms with Crippen LogP contribution in [0.15, 0.2) is 146 Å². The summed E-state index contributed by atoms with van der Waals surface area (Å²) in [5.41, 5.74) is 13.9.